The molecule has 1 fully saturated rings. The van der Waals surface area contributed by atoms with Gasteiger partial charge in [0.1, 0.15) is 5.56 Å². The summed E-state index contributed by atoms with van der Waals surface area (Å²) in [5.74, 6) is -0.993. The number of aliphatic hydroxyl groups is 1. The molecular weight excluding hydrogens is 246 g/mol. The Hall–Kier alpha value is -1.66. The summed E-state index contributed by atoms with van der Waals surface area (Å²) in [5, 5.41) is 19.1. The van der Waals surface area contributed by atoms with Gasteiger partial charge >= 0.3 is 5.97 Å². The van der Waals surface area contributed by atoms with Crippen molar-refractivity contribution in [2.75, 3.05) is 32.1 Å². The van der Waals surface area contributed by atoms with Gasteiger partial charge in [0, 0.05) is 31.5 Å². The number of aliphatic hydroxyl groups excluding tert-OH is 1. The summed E-state index contributed by atoms with van der Waals surface area (Å²) in [6, 6.07) is 1.81. The Morgan fingerprint density at radius 1 is 1.58 bits per heavy atom. The van der Waals surface area contributed by atoms with Crippen LogP contribution in [0.4, 0.5) is 5.69 Å². The van der Waals surface area contributed by atoms with Gasteiger partial charge in [-0.3, -0.25) is 4.98 Å². The summed E-state index contributed by atoms with van der Waals surface area (Å²) in [5.41, 5.74) is 0.811. The van der Waals surface area contributed by atoms with Gasteiger partial charge in [-0.2, -0.15) is 0 Å². The first kappa shape index (κ1) is 13.8. The number of hydrogen-bond donors (Lipinski definition) is 2. The number of carboxylic acids is 1. The van der Waals surface area contributed by atoms with Gasteiger partial charge in [0.2, 0.25) is 0 Å². The van der Waals surface area contributed by atoms with E-state index in [0.29, 0.717) is 18.7 Å². The molecule has 19 heavy (non-hydrogen) atoms. The second-order valence-electron chi connectivity index (χ2n) is 5.16. The lowest BCUT2D eigenvalue weighted by molar-refractivity contribution is 0.0697. The molecule has 2 N–H and O–H groups in total. The normalized spacial score (nSPS) is 23.1. The van der Waals surface area contributed by atoms with Crippen molar-refractivity contribution in [1.29, 1.82) is 0 Å². The van der Waals surface area contributed by atoms with Crippen LogP contribution in [0.3, 0.4) is 0 Å². The number of rotatable bonds is 4. The van der Waals surface area contributed by atoms with E-state index >= 15 is 0 Å². The van der Waals surface area contributed by atoms with Gasteiger partial charge in [-0.05, 0) is 26.6 Å². The van der Waals surface area contributed by atoms with E-state index in [4.69, 9.17) is 0 Å². The Balaban J connectivity index is 2.31. The average molecular weight is 265 g/mol. The molecule has 0 radical (unpaired) electrons. The van der Waals surface area contributed by atoms with Gasteiger partial charge in [0.05, 0.1) is 11.8 Å². The molecule has 0 amide bonds. The third-order valence-electron chi connectivity index (χ3n) is 3.31. The molecule has 1 saturated heterocycles. The van der Waals surface area contributed by atoms with Crippen molar-refractivity contribution in [3.63, 3.8) is 0 Å². The van der Waals surface area contributed by atoms with Crippen molar-refractivity contribution < 1.29 is 15.0 Å². The fourth-order valence-electron chi connectivity index (χ4n) is 2.58. The lowest BCUT2D eigenvalue weighted by atomic mass is 10.1. The first-order valence-electron chi connectivity index (χ1n) is 6.25. The molecule has 6 nitrogen and oxygen atoms in total. The highest BCUT2D eigenvalue weighted by atomic mass is 16.4. The van der Waals surface area contributed by atoms with Gasteiger partial charge in [0.25, 0.3) is 0 Å². The van der Waals surface area contributed by atoms with E-state index in [-0.39, 0.29) is 11.6 Å². The van der Waals surface area contributed by atoms with Crippen LogP contribution in [0.15, 0.2) is 18.5 Å². The summed E-state index contributed by atoms with van der Waals surface area (Å²) in [6.45, 7) is 1.24. The molecule has 1 aromatic rings. The maximum absolute atomic E-state index is 11.2. The monoisotopic (exact) mass is 265 g/mol. The Labute approximate surface area is 112 Å². The van der Waals surface area contributed by atoms with Crippen LogP contribution >= 0.6 is 0 Å². The SMILES string of the molecule is CN(C)CC1CC(O)CN1c1ccncc1C(=O)O. The van der Waals surface area contributed by atoms with Gasteiger partial charge in [-0.15, -0.1) is 0 Å². The van der Waals surface area contributed by atoms with Crippen LogP contribution in [-0.4, -0.2) is 65.4 Å². The number of likely N-dealkylation sites (N-methyl/N-ethyl adjacent to an activating group) is 1. The molecule has 2 rings (SSSR count). The molecule has 1 aliphatic rings. The zero-order valence-corrected chi connectivity index (χ0v) is 11.2. The molecule has 0 saturated carbocycles. The Bertz CT molecular complexity index is 464. The van der Waals surface area contributed by atoms with Crippen LogP contribution in [-0.2, 0) is 0 Å². The number of aromatic nitrogens is 1. The standard InChI is InChI=1S/C13H19N3O3/c1-15(2)7-9-5-10(17)8-16(9)12-3-4-14-6-11(12)13(18)19/h3-4,6,9-10,17H,5,7-8H2,1-2H3,(H,18,19). The van der Waals surface area contributed by atoms with Crippen LogP contribution in [0.5, 0.6) is 0 Å². The summed E-state index contributed by atoms with van der Waals surface area (Å²) in [6.07, 6.45) is 3.17. The number of carboxylic acid groups (broad SMARTS) is 1. The number of aromatic carboxylic acids is 1. The van der Waals surface area contributed by atoms with Crippen LogP contribution in [0.2, 0.25) is 0 Å². The zero-order chi connectivity index (χ0) is 14.0. The molecule has 0 bridgehead atoms. The quantitative estimate of drug-likeness (QED) is 0.814. The lowest BCUT2D eigenvalue weighted by Crippen LogP contribution is -2.38. The molecule has 104 valence electrons. The Morgan fingerprint density at radius 3 is 2.95 bits per heavy atom. The summed E-state index contributed by atoms with van der Waals surface area (Å²) in [4.78, 5) is 19.1. The van der Waals surface area contributed by atoms with Crippen LogP contribution in [0.25, 0.3) is 0 Å². The van der Waals surface area contributed by atoms with E-state index in [9.17, 15) is 15.0 Å². The van der Waals surface area contributed by atoms with Crippen molar-refractivity contribution in [1.82, 2.24) is 9.88 Å². The summed E-state index contributed by atoms with van der Waals surface area (Å²) in [7, 11) is 3.93. The van der Waals surface area contributed by atoms with E-state index in [1.807, 2.05) is 23.9 Å². The second kappa shape index (κ2) is 5.54. The highest BCUT2D eigenvalue weighted by molar-refractivity contribution is 5.94. The largest absolute Gasteiger partial charge is 0.478 e. The van der Waals surface area contributed by atoms with Crippen molar-refractivity contribution in [2.24, 2.45) is 0 Å². The van der Waals surface area contributed by atoms with Gasteiger partial charge in [-0.25, -0.2) is 4.79 Å². The van der Waals surface area contributed by atoms with E-state index < -0.39 is 12.1 Å². The minimum Gasteiger partial charge on any atom is -0.478 e. The highest BCUT2D eigenvalue weighted by Gasteiger charge is 2.33. The van der Waals surface area contributed by atoms with Crippen molar-refractivity contribution in [3.8, 4) is 0 Å². The zero-order valence-electron chi connectivity index (χ0n) is 11.2. The third-order valence-corrected chi connectivity index (χ3v) is 3.31. The van der Waals surface area contributed by atoms with Gasteiger partial charge in [-0.1, -0.05) is 0 Å². The third kappa shape index (κ3) is 3.02. The fourth-order valence-corrected chi connectivity index (χ4v) is 2.58. The van der Waals surface area contributed by atoms with E-state index in [1.165, 1.54) is 6.20 Å². The predicted octanol–water partition coefficient (Wildman–Crippen LogP) is 0.281. The number of anilines is 1. The summed E-state index contributed by atoms with van der Waals surface area (Å²) < 4.78 is 0. The molecule has 0 aliphatic carbocycles. The van der Waals surface area contributed by atoms with Crippen LogP contribution < -0.4 is 4.90 Å². The molecule has 0 aromatic carbocycles. The smallest absolute Gasteiger partial charge is 0.339 e. The molecule has 1 aromatic heterocycles. The molecule has 2 atom stereocenters. The number of carbonyl (C=O) groups is 1. The van der Waals surface area contributed by atoms with Crippen molar-refractivity contribution >= 4 is 11.7 Å². The first-order valence-corrected chi connectivity index (χ1v) is 6.25. The number of hydrogen-bond acceptors (Lipinski definition) is 5. The first-order chi connectivity index (χ1) is 8.99. The average Bonchev–Trinajstić information content (AvgIpc) is 2.69. The highest BCUT2D eigenvalue weighted by Crippen LogP contribution is 2.28. The van der Waals surface area contributed by atoms with E-state index in [2.05, 4.69) is 4.98 Å². The van der Waals surface area contributed by atoms with Gasteiger partial charge < -0.3 is 20.0 Å². The minimum absolute atomic E-state index is 0.116. The Kier molecular flexibility index (Phi) is 4.01. The molecular formula is C13H19N3O3. The van der Waals surface area contributed by atoms with E-state index in [1.54, 1.807) is 12.3 Å². The topological polar surface area (TPSA) is 76.9 Å². The maximum atomic E-state index is 11.2. The molecule has 2 unspecified atom stereocenters. The van der Waals surface area contributed by atoms with Crippen LogP contribution in [0.1, 0.15) is 16.8 Å². The van der Waals surface area contributed by atoms with E-state index in [0.717, 1.165) is 6.54 Å². The number of β-amino-alcohol motifs (C(OH)–C–C–N with tert-alkyl or cyclic N) is 1. The van der Waals surface area contributed by atoms with Crippen LogP contribution in [0, 0.1) is 0 Å². The number of pyridine rings is 1. The second-order valence-corrected chi connectivity index (χ2v) is 5.16. The maximum Gasteiger partial charge on any atom is 0.339 e. The number of nitrogens with zero attached hydrogens (tertiary/aromatic N) is 3. The minimum atomic E-state index is -0.993. The van der Waals surface area contributed by atoms with Crippen molar-refractivity contribution in [3.05, 3.63) is 24.0 Å². The molecule has 1 aliphatic heterocycles. The molecule has 2 heterocycles. The lowest BCUT2D eigenvalue weighted by Gasteiger charge is -2.29. The van der Waals surface area contributed by atoms with Crippen molar-refractivity contribution in [2.45, 2.75) is 18.6 Å². The Morgan fingerprint density at radius 2 is 2.32 bits per heavy atom. The molecule has 0 spiro atoms. The molecule has 6 heteroatoms. The van der Waals surface area contributed by atoms with Gasteiger partial charge in [0.15, 0.2) is 0 Å². The fraction of sp³-hybridized carbons (Fsp3) is 0.538. The summed E-state index contributed by atoms with van der Waals surface area (Å²) >= 11 is 0. The predicted molar refractivity (Wildman–Crippen MR) is 71.5 cm³/mol.